The summed E-state index contributed by atoms with van der Waals surface area (Å²) in [5.74, 6) is -3.47. The van der Waals surface area contributed by atoms with E-state index in [2.05, 4.69) is 10.3 Å². The molecule has 0 aliphatic carbocycles. The predicted octanol–water partition coefficient (Wildman–Crippen LogP) is 5.23. The number of aromatic nitrogens is 1. The van der Waals surface area contributed by atoms with Crippen molar-refractivity contribution in [2.45, 2.75) is 6.92 Å². The van der Waals surface area contributed by atoms with E-state index in [0.717, 1.165) is 18.2 Å². The summed E-state index contributed by atoms with van der Waals surface area (Å²) in [5, 5.41) is 2.91. The lowest BCUT2D eigenvalue weighted by Gasteiger charge is -2.14. The number of rotatable bonds is 4. The Morgan fingerprint density at radius 3 is 2.58 bits per heavy atom. The molecule has 3 aromatic rings. The van der Waals surface area contributed by atoms with Crippen LogP contribution in [0.25, 0.3) is 10.9 Å². The first kappa shape index (κ1) is 18.0. The molecular formula is C18H12ClF3N2O2. The fourth-order valence-corrected chi connectivity index (χ4v) is 2.58. The Bertz CT molecular complexity index is 1010. The predicted molar refractivity (Wildman–Crippen MR) is 92.3 cm³/mol. The lowest BCUT2D eigenvalue weighted by atomic mass is 10.1. The third-order valence-corrected chi connectivity index (χ3v) is 3.88. The highest BCUT2D eigenvalue weighted by Gasteiger charge is 2.19. The fourth-order valence-electron chi connectivity index (χ4n) is 2.40. The van der Waals surface area contributed by atoms with Gasteiger partial charge in [0, 0.05) is 23.3 Å². The van der Waals surface area contributed by atoms with E-state index in [4.69, 9.17) is 16.3 Å². The number of carbonyl (C=O) groups is 1. The van der Waals surface area contributed by atoms with Crippen molar-refractivity contribution < 1.29 is 22.7 Å². The zero-order chi connectivity index (χ0) is 18.8. The molecule has 0 atom stereocenters. The Morgan fingerprint density at radius 1 is 1.15 bits per heavy atom. The van der Waals surface area contributed by atoms with Crippen LogP contribution in [0.15, 0.2) is 36.5 Å². The Balaban J connectivity index is 2.20. The lowest BCUT2D eigenvalue weighted by Crippen LogP contribution is -2.09. The number of halogens is 4. The van der Waals surface area contributed by atoms with Gasteiger partial charge in [0.25, 0.3) is 0 Å². The number of anilines is 2. The molecule has 0 aliphatic heterocycles. The smallest absolute Gasteiger partial charge is 0.341 e. The van der Waals surface area contributed by atoms with Crippen LogP contribution in [-0.2, 0) is 4.74 Å². The molecule has 0 saturated carbocycles. The summed E-state index contributed by atoms with van der Waals surface area (Å²) < 4.78 is 45.6. The van der Waals surface area contributed by atoms with Crippen LogP contribution in [0.1, 0.15) is 17.3 Å². The number of nitrogens with zero attached hydrogens (tertiary/aromatic N) is 1. The standard InChI is InChI=1S/C18H12ClF3N2O2/c1-2-26-18(25)11-8-23-16-7-15(22)14(21)6-10(16)17(11)24-9-3-4-13(20)12(19)5-9/h3-8H,2H2,1H3,(H,23,24). The van der Waals surface area contributed by atoms with Crippen molar-refractivity contribution in [2.24, 2.45) is 0 Å². The first-order valence-corrected chi connectivity index (χ1v) is 7.95. The van der Waals surface area contributed by atoms with Gasteiger partial charge in [0.05, 0.1) is 22.8 Å². The van der Waals surface area contributed by atoms with Gasteiger partial charge in [0.2, 0.25) is 0 Å². The summed E-state index contributed by atoms with van der Waals surface area (Å²) >= 11 is 5.77. The Kier molecular flexibility index (Phi) is 4.99. The number of benzene rings is 2. The molecule has 1 heterocycles. The Morgan fingerprint density at radius 2 is 1.88 bits per heavy atom. The van der Waals surface area contributed by atoms with Crippen LogP contribution < -0.4 is 5.32 Å². The van der Waals surface area contributed by atoms with E-state index in [9.17, 15) is 18.0 Å². The van der Waals surface area contributed by atoms with E-state index >= 15 is 0 Å². The fraction of sp³-hybridized carbons (Fsp3) is 0.111. The third kappa shape index (κ3) is 3.43. The van der Waals surface area contributed by atoms with Crippen LogP contribution in [0.4, 0.5) is 24.5 Å². The van der Waals surface area contributed by atoms with Crippen molar-refractivity contribution in [3.05, 3.63) is 64.6 Å². The van der Waals surface area contributed by atoms with Gasteiger partial charge in [-0.05, 0) is 31.2 Å². The topological polar surface area (TPSA) is 51.2 Å². The number of carbonyl (C=O) groups excluding carboxylic acids is 1. The van der Waals surface area contributed by atoms with Gasteiger partial charge in [-0.2, -0.15) is 0 Å². The number of hydrogen-bond acceptors (Lipinski definition) is 4. The Hall–Kier alpha value is -2.80. The third-order valence-electron chi connectivity index (χ3n) is 3.59. The Labute approximate surface area is 151 Å². The molecule has 134 valence electrons. The number of fused-ring (bicyclic) bond motifs is 1. The quantitative estimate of drug-likeness (QED) is 0.630. The minimum atomic E-state index is -1.10. The van der Waals surface area contributed by atoms with Crippen molar-refractivity contribution in [3.8, 4) is 0 Å². The van der Waals surface area contributed by atoms with E-state index in [1.165, 1.54) is 18.3 Å². The van der Waals surface area contributed by atoms with Gasteiger partial charge in [0.1, 0.15) is 11.4 Å². The van der Waals surface area contributed by atoms with Gasteiger partial charge in [-0.25, -0.2) is 18.0 Å². The highest BCUT2D eigenvalue weighted by Crippen LogP contribution is 2.32. The van der Waals surface area contributed by atoms with Crippen molar-refractivity contribution in [1.82, 2.24) is 4.98 Å². The summed E-state index contributed by atoms with van der Waals surface area (Å²) in [6.45, 7) is 1.75. The first-order valence-electron chi connectivity index (χ1n) is 7.57. The molecule has 3 rings (SSSR count). The van der Waals surface area contributed by atoms with E-state index in [1.54, 1.807) is 6.92 Å². The number of esters is 1. The average molecular weight is 381 g/mol. The molecule has 0 saturated heterocycles. The summed E-state index contributed by atoms with van der Waals surface area (Å²) in [6.07, 6.45) is 1.20. The van der Waals surface area contributed by atoms with E-state index in [-0.39, 0.29) is 33.8 Å². The lowest BCUT2D eigenvalue weighted by molar-refractivity contribution is 0.0527. The van der Waals surface area contributed by atoms with Gasteiger partial charge < -0.3 is 10.1 Å². The molecule has 0 unspecified atom stereocenters. The van der Waals surface area contributed by atoms with E-state index < -0.39 is 23.4 Å². The first-order chi connectivity index (χ1) is 12.4. The highest BCUT2D eigenvalue weighted by atomic mass is 35.5. The number of ether oxygens (including phenoxy) is 1. The second kappa shape index (κ2) is 7.21. The second-order valence-electron chi connectivity index (χ2n) is 5.30. The maximum absolute atomic E-state index is 13.7. The summed E-state index contributed by atoms with van der Waals surface area (Å²) in [6, 6.07) is 5.68. The molecule has 8 heteroatoms. The second-order valence-corrected chi connectivity index (χ2v) is 5.71. The van der Waals surface area contributed by atoms with Gasteiger partial charge >= 0.3 is 5.97 Å². The highest BCUT2D eigenvalue weighted by molar-refractivity contribution is 6.31. The normalized spacial score (nSPS) is 10.8. The van der Waals surface area contributed by atoms with Crippen molar-refractivity contribution in [3.63, 3.8) is 0 Å². The molecular weight excluding hydrogens is 369 g/mol. The number of nitrogens with one attached hydrogen (secondary N) is 1. The molecule has 0 fully saturated rings. The van der Waals surface area contributed by atoms with Gasteiger partial charge in [-0.3, -0.25) is 4.98 Å². The molecule has 26 heavy (non-hydrogen) atoms. The minimum Gasteiger partial charge on any atom is -0.462 e. The summed E-state index contributed by atoms with van der Waals surface area (Å²) in [5.41, 5.74) is 0.646. The number of hydrogen-bond donors (Lipinski definition) is 1. The summed E-state index contributed by atoms with van der Waals surface area (Å²) in [4.78, 5) is 16.2. The van der Waals surface area contributed by atoms with Crippen molar-refractivity contribution in [1.29, 1.82) is 0 Å². The molecule has 0 amide bonds. The summed E-state index contributed by atoms with van der Waals surface area (Å²) in [7, 11) is 0. The van der Waals surface area contributed by atoms with Crippen LogP contribution in [0.3, 0.4) is 0 Å². The maximum Gasteiger partial charge on any atom is 0.341 e. The van der Waals surface area contributed by atoms with E-state index in [1.807, 2.05) is 0 Å². The molecule has 0 bridgehead atoms. The zero-order valence-corrected chi connectivity index (χ0v) is 14.2. The van der Waals surface area contributed by atoms with Gasteiger partial charge in [0.15, 0.2) is 11.6 Å². The largest absolute Gasteiger partial charge is 0.462 e. The molecule has 1 aromatic heterocycles. The van der Waals surface area contributed by atoms with E-state index in [0.29, 0.717) is 5.69 Å². The van der Waals surface area contributed by atoms with Crippen LogP contribution in [0.5, 0.6) is 0 Å². The molecule has 1 N–H and O–H groups in total. The van der Waals surface area contributed by atoms with Crippen molar-refractivity contribution >= 4 is 39.8 Å². The molecule has 2 aromatic carbocycles. The maximum atomic E-state index is 13.7. The van der Waals surface area contributed by atoms with Gasteiger partial charge in [-0.15, -0.1) is 0 Å². The van der Waals surface area contributed by atoms with Crippen molar-refractivity contribution in [2.75, 3.05) is 11.9 Å². The van der Waals surface area contributed by atoms with Crippen LogP contribution >= 0.6 is 11.6 Å². The van der Waals surface area contributed by atoms with Crippen LogP contribution in [0.2, 0.25) is 5.02 Å². The number of pyridine rings is 1. The molecule has 0 aliphatic rings. The minimum absolute atomic E-state index is 0.0193. The van der Waals surface area contributed by atoms with Crippen LogP contribution in [0, 0.1) is 17.5 Å². The SMILES string of the molecule is CCOC(=O)c1cnc2cc(F)c(F)cc2c1Nc1ccc(F)c(Cl)c1. The zero-order valence-electron chi connectivity index (χ0n) is 13.4. The molecule has 4 nitrogen and oxygen atoms in total. The van der Waals surface area contributed by atoms with Gasteiger partial charge in [-0.1, -0.05) is 11.6 Å². The molecule has 0 radical (unpaired) electrons. The van der Waals surface area contributed by atoms with Crippen LogP contribution in [-0.4, -0.2) is 17.6 Å². The molecule has 0 spiro atoms. The average Bonchev–Trinajstić information content (AvgIpc) is 2.60. The monoisotopic (exact) mass is 380 g/mol.